The Labute approximate surface area is 106 Å². The Bertz CT molecular complexity index is 480. The number of carbonyl (C=O) groups is 1. The fourth-order valence-corrected chi connectivity index (χ4v) is 2.22. The molecule has 0 saturated carbocycles. The smallest absolute Gasteiger partial charge is 0.254 e. The zero-order valence-corrected chi connectivity index (χ0v) is 10.4. The number of hydrogen-bond donors (Lipinski definition) is 1. The summed E-state index contributed by atoms with van der Waals surface area (Å²) in [6.45, 7) is 1.93. The molecule has 5 nitrogen and oxygen atoms in total. The Morgan fingerprint density at radius 3 is 3.22 bits per heavy atom. The van der Waals surface area contributed by atoms with Crippen LogP contribution >= 0.6 is 0 Å². The number of nitrogens with zero attached hydrogens (tertiary/aromatic N) is 3. The van der Waals surface area contributed by atoms with Crippen LogP contribution in [0.25, 0.3) is 0 Å². The van der Waals surface area contributed by atoms with Gasteiger partial charge in [-0.05, 0) is 32.5 Å². The number of aromatic nitrogens is 1. The molecule has 94 valence electrons. The molecule has 1 saturated heterocycles. The van der Waals surface area contributed by atoms with Gasteiger partial charge in [-0.1, -0.05) is 0 Å². The lowest BCUT2D eigenvalue weighted by Gasteiger charge is -2.30. The third-order valence-corrected chi connectivity index (χ3v) is 3.15. The lowest BCUT2D eigenvalue weighted by atomic mass is 10.1. The first kappa shape index (κ1) is 12.5. The van der Waals surface area contributed by atoms with Crippen LogP contribution in [0.2, 0.25) is 0 Å². The molecule has 0 spiro atoms. The molecule has 0 aliphatic carbocycles. The predicted octanol–water partition coefficient (Wildman–Crippen LogP) is 0.777. The van der Waals surface area contributed by atoms with Crippen molar-refractivity contribution in [3.8, 4) is 6.07 Å². The Hall–Kier alpha value is -1.93. The summed E-state index contributed by atoms with van der Waals surface area (Å²) in [5.74, 6) is -0.208. The van der Waals surface area contributed by atoms with Gasteiger partial charge in [-0.15, -0.1) is 0 Å². The van der Waals surface area contributed by atoms with E-state index in [0.29, 0.717) is 11.1 Å². The summed E-state index contributed by atoms with van der Waals surface area (Å²) in [7, 11) is 2.04. The second-order valence-electron chi connectivity index (χ2n) is 4.61. The van der Waals surface area contributed by atoms with Crippen molar-refractivity contribution in [1.29, 1.82) is 5.26 Å². The number of amides is 1. The molecule has 1 aliphatic heterocycles. The van der Waals surface area contributed by atoms with E-state index in [1.54, 1.807) is 6.07 Å². The van der Waals surface area contributed by atoms with Crippen molar-refractivity contribution in [3.05, 3.63) is 29.6 Å². The van der Waals surface area contributed by atoms with Gasteiger partial charge in [-0.3, -0.25) is 9.78 Å². The summed E-state index contributed by atoms with van der Waals surface area (Å²) < 4.78 is 0. The quantitative estimate of drug-likeness (QED) is 0.834. The molecule has 1 unspecified atom stereocenters. The number of likely N-dealkylation sites (tertiary alicyclic amines) is 1. The standard InChI is InChI=1S/C13H16N4O/c1-17-6-2-3-11(9-17)16-13(18)12-8-15-5-4-10(12)7-14/h4-5,8,11H,2-3,6,9H2,1H3,(H,16,18). The van der Waals surface area contributed by atoms with Gasteiger partial charge < -0.3 is 10.2 Å². The van der Waals surface area contributed by atoms with Crippen molar-refractivity contribution in [3.63, 3.8) is 0 Å². The van der Waals surface area contributed by atoms with E-state index < -0.39 is 0 Å². The third kappa shape index (κ3) is 2.84. The van der Waals surface area contributed by atoms with Crippen LogP contribution in [-0.2, 0) is 0 Å². The fourth-order valence-electron chi connectivity index (χ4n) is 2.22. The second kappa shape index (κ2) is 5.61. The Morgan fingerprint density at radius 1 is 1.67 bits per heavy atom. The highest BCUT2D eigenvalue weighted by Gasteiger charge is 2.20. The van der Waals surface area contributed by atoms with Crippen LogP contribution in [0.3, 0.4) is 0 Å². The van der Waals surface area contributed by atoms with Crippen LogP contribution in [0, 0.1) is 11.3 Å². The molecule has 1 aromatic heterocycles. The van der Waals surface area contributed by atoms with Crippen LogP contribution in [0.1, 0.15) is 28.8 Å². The van der Waals surface area contributed by atoms with Crippen molar-refractivity contribution < 1.29 is 4.79 Å². The third-order valence-electron chi connectivity index (χ3n) is 3.15. The maximum Gasteiger partial charge on any atom is 0.254 e. The molecule has 0 aromatic carbocycles. The molecule has 1 aliphatic rings. The molecular formula is C13H16N4O. The summed E-state index contributed by atoms with van der Waals surface area (Å²) in [6, 6.07) is 3.72. The van der Waals surface area contributed by atoms with Gasteiger partial charge in [0, 0.05) is 25.0 Å². The molecule has 1 N–H and O–H groups in total. The van der Waals surface area contributed by atoms with E-state index in [1.165, 1.54) is 12.4 Å². The second-order valence-corrected chi connectivity index (χ2v) is 4.61. The zero-order chi connectivity index (χ0) is 13.0. The monoisotopic (exact) mass is 244 g/mol. The molecule has 1 fully saturated rings. The van der Waals surface area contributed by atoms with E-state index in [4.69, 9.17) is 5.26 Å². The van der Waals surface area contributed by atoms with Gasteiger partial charge in [-0.2, -0.15) is 5.26 Å². The summed E-state index contributed by atoms with van der Waals surface area (Å²) in [5, 5.41) is 11.9. The number of carbonyl (C=O) groups excluding carboxylic acids is 1. The first-order chi connectivity index (χ1) is 8.70. The van der Waals surface area contributed by atoms with Crippen LogP contribution < -0.4 is 5.32 Å². The summed E-state index contributed by atoms with van der Waals surface area (Å²) in [6.07, 6.45) is 5.03. The minimum absolute atomic E-state index is 0.156. The lowest BCUT2D eigenvalue weighted by molar-refractivity contribution is 0.0912. The largest absolute Gasteiger partial charge is 0.348 e. The Morgan fingerprint density at radius 2 is 2.50 bits per heavy atom. The highest BCUT2D eigenvalue weighted by Crippen LogP contribution is 2.10. The van der Waals surface area contributed by atoms with Gasteiger partial charge in [-0.25, -0.2) is 0 Å². The molecule has 0 radical (unpaired) electrons. The number of hydrogen-bond acceptors (Lipinski definition) is 4. The first-order valence-corrected chi connectivity index (χ1v) is 6.04. The van der Waals surface area contributed by atoms with Gasteiger partial charge in [0.25, 0.3) is 5.91 Å². The number of nitriles is 1. The van der Waals surface area contributed by atoms with Gasteiger partial charge in [0.05, 0.1) is 11.1 Å². The molecule has 2 heterocycles. The number of pyridine rings is 1. The van der Waals surface area contributed by atoms with E-state index in [-0.39, 0.29) is 11.9 Å². The number of piperidine rings is 1. The number of nitrogens with one attached hydrogen (secondary N) is 1. The van der Waals surface area contributed by atoms with E-state index in [2.05, 4.69) is 15.2 Å². The van der Waals surface area contributed by atoms with Crippen LogP contribution in [0.4, 0.5) is 0 Å². The first-order valence-electron chi connectivity index (χ1n) is 6.04. The SMILES string of the molecule is CN1CCCC(NC(=O)c2cnccc2C#N)C1. The van der Waals surface area contributed by atoms with E-state index in [0.717, 1.165) is 25.9 Å². The van der Waals surface area contributed by atoms with Crippen molar-refractivity contribution in [2.24, 2.45) is 0 Å². The summed E-state index contributed by atoms with van der Waals surface area (Å²) in [4.78, 5) is 18.2. The maximum atomic E-state index is 12.1. The number of likely N-dealkylation sites (N-methyl/N-ethyl adjacent to an activating group) is 1. The predicted molar refractivity (Wildman–Crippen MR) is 66.9 cm³/mol. The van der Waals surface area contributed by atoms with Crippen molar-refractivity contribution >= 4 is 5.91 Å². The normalized spacial score (nSPS) is 20.1. The molecule has 0 bridgehead atoms. The lowest BCUT2D eigenvalue weighted by Crippen LogP contribution is -2.46. The van der Waals surface area contributed by atoms with Gasteiger partial charge in [0.15, 0.2) is 0 Å². The summed E-state index contributed by atoms with van der Waals surface area (Å²) in [5.41, 5.74) is 0.722. The van der Waals surface area contributed by atoms with Crippen LogP contribution in [-0.4, -0.2) is 42.0 Å². The minimum atomic E-state index is -0.208. The maximum absolute atomic E-state index is 12.1. The highest BCUT2D eigenvalue weighted by molar-refractivity contribution is 5.96. The molecule has 5 heteroatoms. The topological polar surface area (TPSA) is 69.0 Å². The minimum Gasteiger partial charge on any atom is -0.348 e. The van der Waals surface area contributed by atoms with Crippen molar-refractivity contribution in [1.82, 2.24) is 15.2 Å². The highest BCUT2D eigenvalue weighted by atomic mass is 16.1. The molecule has 1 amide bonds. The number of rotatable bonds is 2. The molecular weight excluding hydrogens is 228 g/mol. The molecule has 1 aromatic rings. The Kier molecular flexibility index (Phi) is 3.90. The molecule has 1 atom stereocenters. The molecule has 2 rings (SSSR count). The average molecular weight is 244 g/mol. The van der Waals surface area contributed by atoms with Gasteiger partial charge in [0.1, 0.15) is 6.07 Å². The average Bonchev–Trinajstić information content (AvgIpc) is 2.38. The van der Waals surface area contributed by atoms with Crippen molar-refractivity contribution in [2.45, 2.75) is 18.9 Å². The van der Waals surface area contributed by atoms with E-state index in [9.17, 15) is 4.79 Å². The van der Waals surface area contributed by atoms with E-state index >= 15 is 0 Å². The summed E-state index contributed by atoms with van der Waals surface area (Å²) >= 11 is 0. The van der Waals surface area contributed by atoms with Gasteiger partial charge >= 0.3 is 0 Å². The van der Waals surface area contributed by atoms with Crippen LogP contribution in [0.15, 0.2) is 18.5 Å². The molecule has 18 heavy (non-hydrogen) atoms. The fraction of sp³-hybridized carbons (Fsp3) is 0.462. The van der Waals surface area contributed by atoms with Crippen LogP contribution in [0.5, 0.6) is 0 Å². The Balaban J connectivity index is 2.05. The van der Waals surface area contributed by atoms with Gasteiger partial charge in [0.2, 0.25) is 0 Å². The van der Waals surface area contributed by atoms with Crippen molar-refractivity contribution in [2.75, 3.05) is 20.1 Å². The zero-order valence-electron chi connectivity index (χ0n) is 10.4. The van der Waals surface area contributed by atoms with E-state index in [1.807, 2.05) is 13.1 Å².